The molecule has 1 atom stereocenters. The number of pyridine rings is 1. The summed E-state index contributed by atoms with van der Waals surface area (Å²) in [6.07, 6.45) is 7.93. The highest BCUT2D eigenvalue weighted by molar-refractivity contribution is 5.94. The minimum atomic E-state index is -1.43. The number of halogens is 2. The van der Waals surface area contributed by atoms with Crippen LogP contribution in [0.5, 0.6) is 0 Å². The van der Waals surface area contributed by atoms with E-state index in [1.165, 1.54) is 32.5 Å². The van der Waals surface area contributed by atoms with Crippen LogP contribution in [-0.4, -0.2) is 62.3 Å². The number of carboxylic acid groups (broad SMARTS) is 1. The SMILES string of the molecule is CCC1CN(c2c(F)cc3c(=O)c(C(=O)O)cn(C4CC4)c3c2F)CCN1CCCCn1c(=O)cc(Nc2ccc3c(c2)CCC3)[nH]c1=O. The standard InChI is InChI=1S/C36H40F2N6O5/c1-2-24-19-42(33-28(37)17-26-32(31(33)38)44(25-10-11-25)20-27(34(26)46)35(47)48)15-14-41(24)12-3-4-13-43-30(45)18-29(40-36(43)49)39-23-9-8-21-6-5-7-22(21)16-23/h8-9,16-18,20,24-25,39H,2-7,10-15,19H2,1H3,(H,40,49)(H,47,48). The molecule has 2 aromatic heterocycles. The minimum absolute atomic E-state index is 0.000964. The van der Waals surface area contributed by atoms with E-state index in [0.29, 0.717) is 38.4 Å². The Hall–Kier alpha value is -4.78. The number of anilines is 3. The number of hydrogen-bond donors (Lipinski definition) is 3. The Labute approximate surface area is 280 Å². The van der Waals surface area contributed by atoms with Crippen molar-refractivity contribution in [1.82, 2.24) is 19.0 Å². The zero-order chi connectivity index (χ0) is 34.4. The first-order chi connectivity index (χ1) is 23.6. The summed E-state index contributed by atoms with van der Waals surface area (Å²) in [6, 6.07) is 8.35. The van der Waals surface area contributed by atoms with Gasteiger partial charge in [0.2, 0.25) is 5.43 Å². The molecule has 1 aliphatic heterocycles. The Balaban J connectivity index is 0.994. The maximum Gasteiger partial charge on any atom is 0.341 e. The second-order valence-electron chi connectivity index (χ2n) is 13.4. The summed E-state index contributed by atoms with van der Waals surface area (Å²) in [4.78, 5) is 57.0. The van der Waals surface area contributed by atoms with E-state index in [1.54, 1.807) is 4.90 Å². The summed E-state index contributed by atoms with van der Waals surface area (Å²) in [7, 11) is 0. The summed E-state index contributed by atoms with van der Waals surface area (Å²) in [5.41, 5.74) is 0.967. The van der Waals surface area contributed by atoms with Crippen molar-refractivity contribution in [3.8, 4) is 0 Å². The van der Waals surface area contributed by atoms with Crippen LogP contribution in [0.25, 0.3) is 10.9 Å². The first-order valence-corrected chi connectivity index (χ1v) is 17.1. The average molecular weight is 675 g/mol. The molecule has 1 unspecified atom stereocenters. The third-order valence-corrected chi connectivity index (χ3v) is 10.2. The number of unbranched alkanes of at least 4 members (excludes halogenated alkanes) is 1. The van der Waals surface area contributed by atoms with Crippen molar-refractivity contribution in [1.29, 1.82) is 0 Å². The van der Waals surface area contributed by atoms with E-state index in [2.05, 4.69) is 27.3 Å². The van der Waals surface area contributed by atoms with Crippen LogP contribution in [0.2, 0.25) is 0 Å². The van der Waals surface area contributed by atoms with Crippen LogP contribution >= 0.6 is 0 Å². The number of nitrogens with one attached hydrogen (secondary N) is 2. The van der Waals surface area contributed by atoms with E-state index in [1.807, 2.05) is 13.0 Å². The smallest absolute Gasteiger partial charge is 0.341 e. The molecule has 1 saturated carbocycles. The van der Waals surface area contributed by atoms with Crippen molar-refractivity contribution in [2.75, 3.05) is 36.4 Å². The van der Waals surface area contributed by atoms with Gasteiger partial charge in [-0.3, -0.25) is 24.0 Å². The van der Waals surface area contributed by atoms with E-state index in [9.17, 15) is 24.3 Å². The molecule has 2 aromatic carbocycles. The number of aromatic carboxylic acids is 1. The number of rotatable bonds is 11. The van der Waals surface area contributed by atoms with Gasteiger partial charge in [0, 0.05) is 56.2 Å². The lowest BCUT2D eigenvalue weighted by Crippen LogP contribution is -2.53. The number of hydrogen-bond acceptors (Lipinski definition) is 7. The molecular weight excluding hydrogens is 634 g/mol. The summed E-state index contributed by atoms with van der Waals surface area (Å²) < 4.78 is 34.4. The number of benzene rings is 2. The van der Waals surface area contributed by atoms with Gasteiger partial charge >= 0.3 is 11.7 Å². The number of piperazine rings is 1. The Kier molecular flexibility index (Phi) is 8.86. The van der Waals surface area contributed by atoms with E-state index < -0.39 is 34.3 Å². The molecule has 11 nitrogen and oxygen atoms in total. The van der Waals surface area contributed by atoms with Gasteiger partial charge in [-0.25, -0.2) is 18.4 Å². The van der Waals surface area contributed by atoms with Crippen molar-refractivity contribution < 1.29 is 18.7 Å². The fraction of sp³-hybridized carbons (Fsp3) is 0.444. The van der Waals surface area contributed by atoms with Crippen LogP contribution < -0.4 is 26.9 Å². The lowest BCUT2D eigenvalue weighted by Gasteiger charge is -2.42. The summed E-state index contributed by atoms with van der Waals surface area (Å²) >= 11 is 0. The largest absolute Gasteiger partial charge is 0.477 e. The number of nitrogens with zero attached hydrogens (tertiary/aromatic N) is 4. The third-order valence-electron chi connectivity index (χ3n) is 10.2. The van der Waals surface area contributed by atoms with Crippen LogP contribution in [0, 0.1) is 11.6 Å². The van der Waals surface area contributed by atoms with Crippen molar-refractivity contribution in [2.45, 2.75) is 76.9 Å². The van der Waals surface area contributed by atoms with Gasteiger partial charge in [-0.15, -0.1) is 0 Å². The normalized spacial score (nSPS) is 17.9. The monoisotopic (exact) mass is 674 g/mol. The van der Waals surface area contributed by atoms with Gasteiger partial charge in [0.05, 0.1) is 10.9 Å². The van der Waals surface area contributed by atoms with Crippen LogP contribution in [0.15, 0.2) is 50.9 Å². The van der Waals surface area contributed by atoms with Crippen LogP contribution in [0.1, 0.15) is 73.0 Å². The van der Waals surface area contributed by atoms with E-state index in [0.717, 1.165) is 56.7 Å². The third kappa shape index (κ3) is 6.39. The van der Waals surface area contributed by atoms with Gasteiger partial charge in [0.1, 0.15) is 22.9 Å². The van der Waals surface area contributed by atoms with Gasteiger partial charge in [0.15, 0.2) is 5.82 Å². The van der Waals surface area contributed by atoms with E-state index in [-0.39, 0.29) is 40.8 Å². The molecule has 2 aliphatic carbocycles. The Bertz CT molecular complexity index is 2090. The fourth-order valence-electron chi connectivity index (χ4n) is 7.48. The molecule has 1 saturated heterocycles. The number of aromatic nitrogens is 3. The fourth-order valence-corrected chi connectivity index (χ4v) is 7.48. The van der Waals surface area contributed by atoms with Crippen molar-refractivity contribution >= 4 is 34.1 Å². The Morgan fingerprint density at radius 2 is 1.80 bits per heavy atom. The molecule has 0 radical (unpaired) electrons. The molecule has 3 aliphatic rings. The first-order valence-electron chi connectivity index (χ1n) is 17.1. The highest BCUT2D eigenvalue weighted by Gasteiger charge is 2.33. The summed E-state index contributed by atoms with van der Waals surface area (Å²) in [6.45, 7) is 4.25. The number of fused-ring (bicyclic) bond motifs is 2. The highest BCUT2D eigenvalue weighted by Crippen LogP contribution is 2.40. The Morgan fingerprint density at radius 3 is 2.53 bits per heavy atom. The molecule has 2 fully saturated rings. The molecule has 3 N–H and O–H groups in total. The van der Waals surface area contributed by atoms with Crippen LogP contribution in [-0.2, 0) is 19.4 Å². The zero-order valence-electron chi connectivity index (χ0n) is 27.4. The van der Waals surface area contributed by atoms with Crippen molar-refractivity contribution in [3.05, 3.63) is 95.9 Å². The maximum absolute atomic E-state index is 16.2. The molecule has 4 aromatic rings. The van der Waals surface area contributed by atoms with Crippen LogP contribution in [0.3, 0.4) is 0 Å². The maximum atomic E-state index is 16.2. The molecule has 0 spiro atoms. The second-order valence-corrected chi connectivity index (χ2v) is 13.4. The number of aromatic amines is 1. The molecular formula is C36H40F2N6O5. The molecule has 49 heavy (non-hydrogen) atoms. The van der Waals surface area contributed by atoms with Gasteiger partial charge in [-0.2, -0.15) is 0 Å². The molecule has 0 amide bonds. The lowest BCUT2D eigenvalue weighted by molar-refractivity contribution is 0.0694. The van der Waals surface area contributed by atoms with E-state index in [4.69, 9.17) is 0 Å². The van der Waals surface area contributed by atoms with Crippen LogP contribution in [0.4, 0.5) is 26.0 Å². The number of aryl methyl sites for hydroxylation is 2. The number of carbonyl (C=O) groups is 1. The minimum Gasteiger partial charge on any atom is -0.477 e. The predicted molar refractivity (Wildman–Crippen MR) is 184 cm³/mol. The quantitative estimate of drug-likeness (QED) is 0.194. The summed E-state index contributed by atoms with van der Waals surface area (Å²) in [5, 5.41) is 12.4. The Morgan fingerprint density at radius 1 is 1.02 bits per heavy atom. The van der Waals surface area contributed by atoms with Gasteiger partial charge in [-0.05, 0) is 87.2 Å². The highest BCUT2D eigenvalue weighted by atomic mass is 19.1. The van der Waals surface area contributed by atoms with Crippen molar-refractivity contribution in [3.63, 3.8) is 0 Å². The predicted octanol–water partition coefficient (Wildman–Crippen LogP) is 4.78. The lowest BCUT2D eigenvalue weighted by atomic mass is 10.0. The summed E-state index contributed by atoms with van der Waals surface area (Å²) in [5.74, 6) is -2.81. The zero-order valence-corrected chi connectivity index (χ0v) is 27.4. The first kappa shape index (κ1) is 32.8. The van der Waals surface area contributed by atoms with E-state index >= 15 is 8.78 Å². The topological polar surface area (TPSA) is 133 Å². The average Bonchev–Trinajstić information content (AvgIpc) is 3.81. The van der Waals surface area contributed by atoms with Gasteiger partial charge < -0.3 is 19.9 Å². The molecule has 0 bridgehead atoms. The molecule has 3 heterocycles. The number of H-pyrrole nitrogens is 1. The molecule has 258 valence electrons. The van der Waals surface area contributed by atoms with Crippen molar-refractivity contribution in [2.24, 2.45) is 0 Å². The van der Waals surface area contributed by atoms with Gasteiger partial charge in [-0.1, -0.05) is 13.0 Å². The second kappa shape index (κ2) is 13.3. The number of carboxylic acids is 1. The molecule has 13 heteroatoms. The molecule has 7 rings (SSSR count). The van der Waals surface area contributed by atoms with Gasteiger partial charge in [0.25, 0.3) is 5.56 Å².